The van der Waals surface area contributed by atoms with Crippen molar-refractivity contribution in [3.63, 3.8) is 0 Å². The third-order valence-electron chi connectivity index (χ3n) is 5.71. The SMILES string of the molecule is C=CCOc1ccccc1CNC(=NC)NC1CCN(C2CCCC2)CC1.I. The highest BCUT2D eigenvalue weighted by molar-refractivity contribution is 14.0. The number of halogens is 1. The lowest BCUT2D eigenvalue weighted by Crippen LogP contribution is -2.50. The summed E-state index contributed by atoms with van der Waals surface area (Å²) in [4.78, 5) is 7.11. The van der Waals surface area contributed by atoms with Crippen LogP contribution in [0, 0.1) is 0 Å². The van der Waals surface area contributed by atoms with E-state index in [9.17, 15) is 0 Å². The second kappa shape index (κ2) is 12.3. The topological polar surface area (TPSA) is 48.9 Å². The predicted octanol–water partition coefficient (Wildman–Crippen LogP) is 3.94. The highest BCUT2D eigenvalue weighted by Crippen LogP contribution is 2.26. The van der Waals surface area contributed by atoms with Gasteiger partial charge in [0.1, 0.15) is 12.4 Å². The summed E-state index contributed by atoms with van der Waals surface area (Å²) in [6.07, 6.45) is 9.77. The van der Waals surface area contributed by atoms with E-state index in [1.165, 1.54) is 51.6 Å². The minimum atomic E-state index is 0. The summed E-state index contributed by atoms with van der Waals surface area (Å²) in [5.41, 5.74) is 1.12. The van der Waals surface area contributed by atoms with Gasteiger partial charge >= 0.3 is 0 Å². The molecule has 0 bridgehead atoms. The molecule has 0 spiro atoms. The van der Waals surface area contributed by atoms with Gasteiger partial charge in [0.2, 0.25) is 0 Å². The van der Waals surface area contributed by atoms with Crippen LogP contribution in [0.15, 0.2) is 41.9 Å². The molecule has 0 atom stereocenters. The van der Waals surface area contributed by atoms with Gasteiger partial charge in [-0.2, -0.15) is 0 Å². The summed E-state index contributed by atoms with van der Waals surface area (Å²) in [6, 6.07) is 9.45. The Balaban J connectivity index is 0.00000280. The number of hydrogen-bond donors (Lipinski definition) is 2. The van der Waals surface area contributed by atoms with Crippen molar-refractivity contribution in [2.45, 2.75) is 57.2 Å². The van der Waals surface area contributed by atoms with Crippen molar-refractivity contribution >= 4 is 29.9 Å². The molecule has 2 N–H and O–H groups in total. The van der Waals surface area contributed by atoms with E-state index < -0.39 is 0 Å². The van der Waals surface area contributed by atoms with Gasteiger partial charge in [-0.25, -0.2) is 0 Å². The normalized spacial score (nSPS) is 19.1. The molecule has 0 radical (unpaired) electrons. The highest BCUT2D eigenvalue weighted by Gasteiger charge is 2.27. The molecule has 156 valence electrons. The van der Waals surface area contributed by atoms with Crippen molar-refractivity contribution in [2.75, 3.05) is 26.7 Å². The number of nitrogens with one attached hydrogen (secondary N) is 2. The number of guanidine groups is 1. The predicted molar refractivity (Wildman–Crippen MR) is 128 cm³/mol. The molecule has 2 fully saturated rings. The van der Waals surface area contributed by atoms with Crippen LogP contribution in [0.4, 0.5) is 0 Å². The quantitative estimate of drug-likeness (QED) is 0.259. The van der Waals surface area contributed by atoms with Crippen LogP contribution in [-0.4, -0.2) is 49.7 Å². The van der Waals surface area contributed by atoms with E-state index in [2.05, 4.69) is 33.2 Å². The number of nitrogens with zero attached hydrogens (tertiary/aromatic N) is 2. The molecule has 5 nitrogen and oxygen atoms in total. The number of likely N-dealkylation sites (tertiary alicyclic amines) is 1. The van der Waals surface area contributed by atoms with Gasteiger partial charge in [0.15, 0.2) is 5.96 Å². The van der Waals surface area contributed by atoms with Crippen LogP contribution in [-0.2, 0) is 6.54 Å². The van der Waals surface area contributed by atoms with E-state index in [0.717, 1.165) is 23.3 Å². The molecular weight excluding hydrogens is 463 g/mol. The maximum atomic E-state index is 5.74. The van der Waals surface area contributed by atoms with E-state index >= 15 is 0 Å². The Morgan fingerprint density at radius 2 is 1.93 bits per heavy atom. The number of para-hydroxylation sites is 1. The van der Waals surface area contributed by atoms with E-state index in [0.29, 0.717) is 19.2 Å². The molecule has 28 heavy (non-hydrogen) atoms. The third kappa shape index (κ3) is 6.65. The summed E-state index contributed by atoms with van der Waals surface area (Å²) in [6.45, 7) is 7.33. The van der Waals surface area contributed by atoms with Gasteiger partial charge in [0.25, 0.3) is 0 Å². The van der Waals surface area contributed by atoms with E-state index in [1.807, 2.05) is 25.2 Å². The van der Waals surface area contributed by atoms with Crippen molar-refractivity contribution in [3.8, 4) is 5.75 Å². The fourth-order valence-corrected chi connectivity index (χ4v) is 4.18. The number of rotatable bonds is 7. The molecule has 6 heteroatoms. The molecule has 1 aliphatic heterocycles. The lowest BCUT2D eigenvalue weighted by molar-refractivity contribution is 0.150. The Bertz CT molecular complexity index is 623. The van der Waals surface area contributed by atoms with Crippen molar-refractivity contribution in [3.05, 3.63) is 42.5 Å². The Morgan fingerprint density at radius 3 is 2.61 bits per heavy atom. The fraction of sp³-hybridized carbons (Fsp3) is 0.591. The zero-order valence-electron chi connectivity index (χ0n) is 17.0. The van der Waals surface area contributed by atoms with Crippen molar-refractivity contribution in [2.24, 2.45) is 4.99 Å². The molecule has 0 amide bonds. The molecule has 0 unspecified atom stereocenters. The van der Waals surface area contributed by atoms with Crippen LogP contribution in [0.1, 0.15) is 44.1 Å². The second-order valence-corrected chi connectivity index (χ2v) is 7.53. The Kier molecular flexibility index (Phi) is 10.1. The minimum absolute atomic E-state index is 0. The fourth-order valence-electron chi connectivity index (χ4n) is 4.18. The number of ether oxygens (including phenoxy) is 1. The van der Waals surface area contributed by atoms with Gasteiger partial charge in [-0.15, -0.1) is 24.0 Å². The molecular formula is C22H35IN4O. The zero-order chi connectivity index (χ0) is 18.9. The van der Waals surface area contributed by atoms with Crippen molar-refractivity contribution in [1.29, 1.82) is 0 Å². The first kappa shape index (κ1) is 23.0. The average Bonchev–Trinajstić information content (AvgIpc) is 3.25. The Hall–Kier alpha value is -1.28. The standard InChI is InChI=1S/C22H34N4O.HI/c1-3-16-27-21-11-7-4-8-18(21)17-24-22(23-2)25-19-12-14-26(15-13-19)20-9-5-6-10-20;/h3-4,7-8,11,19-20H,1,5-6,9-10,12-17H2,2H3,(H2,23,24,25);1H. The second-order valence-electron chi connectivity index (χ2n) is 7.53. The first-order valence-corrected chi connectivity index (χ1v) is 10.3. The van der Waals surface area contributed by atoms with Gasteiger partial charge in [-0.05, 0) is 31.7 Å². The summed E-state index contributed by atoms with van der Waals surface area (Å²) >= 11 is 0. The zero-order valence-corrected chi connectivity index (χ0v) is 19.4. The molecule has 2 aliphatic rings. The van der Waals surface area contributed by atoms with Crippen LogP contribution >= 0.6 is 24.0 Å². The van der Waals surface area contributed by atoms with E-state index in [1.54, 1.807) is 6.08 Å². The first-order valence-electron chi connectivity index (χ1n) is 10.3. The van der Waals surface area contributed by atoms with E-state index in [4.69, 9.17) is 4.74 Å². The van der Waals surface area contributed by atoms with Crippen LogP contribution < -0.4 is 15.4 Å². The summed E-state index contributed by atoms with van der Waals surface area (Å²) < 4.78 is 5.74. The molecule has 3 rings (SSSR count). The van der Waals surface area contributed by atoms with Crippen LogP contribution in [0.2, 0.25) is 0 Å². The molecule has 1 aliphatic carbocycles. The summed E-state index contributed by atoms with van der Waals surface area (Å²) in [5.74, 6) is 1.76. The molecule has 1 aromatic rings. The maximum Gasteiger partial charge on any atom is 0.191 e. The molecule has 1 saturated carbocycles. The number of aliphatic imine (C=N–C) groups is 1. The minimum Gasteiger partial charge on any atom is -0.489 e. The highest BCUT2D eigenvalue weighted by atomic mass is 127. The lowest BCUT2D eigenvalue weighted by Gasteiger charge is -2.36. The Morgan fingerprint density at radius 1 is 1.21 bits per heavy atom. The van der Waals surface area contributed by atoms with Gasteiger partial charge in [0, 0.05) is 44.3 Å². The van der Waals surface area contributed by atoms with Gasteiger partial charge < -0.3 is 20.3 Å². The van der Waals surface area contributed by atoms with Crippen LogP contribution in [0.3, 0.4) is 0 Å². The average molecular weight is 498 g/mol. The van der Waals surface area contributed by atoms with Crippen LogP contribution in [0.5, 0.6) is 5.75 Å². The van der Waals surface area contributed by atoms with Gasteiger partial charge in [0.05, 0.1) is 0 Å². The van der Waals surface area contributed by atoms with Crippen LogP contribution in [0.25, 0.3) is 0 Å². The van der Waals surface area contributed by atoms with E-state index in [-0.39, 0.29) is 24.0 Å². The molecule has 0 aromatic heterocycles. The first-order chi connectivity index (χ1) is 13.3. The van der Waals surface area contributed by atoms with Gasteiger partial charge in [-0.1, -0.05) is 43.7 Å². The largest absolute Gasteiger partial charge is 0.489 e. The van der Waals surface area contributed by atoms with Gasteiger partial charge in [-0.3, -0.25) is 4.99 Å². The lowest BCUT2D eigenvalue weighted by atomic mass is 10.0. The Labute approximate surface area is 187 Å². The van der Waals surface area contributed by atoms with Crippen molar-refractivity contribution < 1.29 is 4.74 Å². The third-order valence-corrected chi connectivity index (χ3v) is 5.71. The smallest absolute Gasteiger partial charge is 0.191 e. The number of piperidine rings is 1. The number of benzene rings is 1. The number of hydrogen-bond acceptors (Lipinski definition) is 3. The monoisotopic (exact) mass is 498 g/mol. The summed E-state index contributed by atoms with van der Waals surface area (Å²) in [7, 11) is 1.84. The summed E-state index contributed by atoms with van der Waals surface area (Å²) in [5, 5.41) is 7.04. The molecule has 1 saturated heterocycles. The maximum absolute atomic E-state index is 5.74. The molecule has 1 aromatic carbocycles. The molecule has 1 heterocycles. The van der Waals surface area contributed by atoms with Crippen molar-refractivity contribution in [1.82, 2.24) is 15.5 Å².